The van der Waals surface area contributed by atoms with Crippen molar-refractivity contribution in [1.29, 1.82) is 0 Å². The van der Waals surface area contributed by atoms with Crippen LogP contribution in [-0.2, 0) is 0 Å². The molecule has 0 spiro atoms. The van der Waals surface area contributed by atoms with Crippen molar-refractivity contribution in [3.05, 3.63) is 83.4 Å². The summed E-state index contributed by atoms with van der Waals surface area (Å²) >= 11 is 0. The van der Waals surface area contributed by atoms with E-state index in [1.165, 1.54) is 0 Å². The summed E-state index contributed by atoms with van der Waals surface area (Å²) in [4.78, 5) is 0. The van der Waals surface area contributed by atoms with Crippen LogP contribution >= 0.6 is 0 Å². The van der Waals surface area contributed by atoms with Crippen molar-refractivity contribution in [2.75, 3.05) is 20.8 Å². The van der Waals surface area contributed by atoms with Gasteiger partial charge in [-0.25, -0.2) is 5.01 Å². The Morgan fingerprint density at radius 1 is 0.912 bits per heavy atom. The average molecular weight is 459 g/mol. The Balaban J connectivity index is 1.48. The first kappa shape index (κ1) is 22.1. The molecule has 0 saturated carbocycles. The highest BCUT2D eigenvalue weighted by Gasteiger charge is 2.41. The van der Waals surface area contributed by atoms with Crippen LogP contribution in [0.15, 0.2) is 71.8 Å². The third-order valence-electron chi connectivity index (χ3n) is 6.35. The van der Waals surface area contributed by atoms with Crippen LogP contribution in [0, 0.1) is 0 Å². The molecule has 0 aromatic heterocycles. The highest BCUT2D eigenvalue weighted by atomic mass is 16.5. The molecule has 0 bridgehead atoms. The van der Waals surface area contributed by atoms with Crippen LogP contribution in [0.3, 0.4) is 0 Å². The van der Waals surface area contributed by atoms with Crippen LogP contribution in [0.25, 0.3) is 0 Å². The van der Waals surface area contributed by atoms with Gasteiger partial charge in [0.25, 0.3) is 0 Å². The van der Waals surface area contributed by atoms with Crippen molar-refractivity contribution < 1.29 is 18.9 Å². The quantitative estimate of drug-likeness (QED) is 0.380. The lowest BCUT2D eigenvalue weighted by Crippen LogP contribution is -2.33. The SMILES string of the molecule is CCCCOc1ccc([C@H]2Oc3ccc(OC)cc3[C@H]3CC(c4ccc(OC)cc4)=NN32)cc1. The minimum absolute atomic E-state index is 0.0569. The molecule has 2 atom stereocenters. The number of fused-ring (bicyclic) bond motifs is 3. The van der Waals surface area contributed by atoms with Gasteiger partial charge in [0.2, 0.25) is 6.23 Å². The monoisotopic (exact) mass is 458 g/mol. The number of unbranched alkanes of at least 4 members (excludes halogenated alkanes) is 1. The maximum absolute atomic E-state index is 6.49. The number of nitrogens with zero attached hydrogens (tertiary/aromatic N) is 2. The number of ether oxygens (including phenoxy) is 4. The van der Waals surface area contributed by atoms with Crippen molar-refractivity contribution in [1.82, 2.24) is 5.01 Å². The number of hydrazone groups is 1. The maximum atomic E-state index is 6.49. The smallest absolute Gasteiger partial charge is 0.213 e. The zero-order chi connectivity index (χ0) is 23.5. The molecule has 0 aliphatic carbocycles. The van der Waals surface area contributed by atoms with Gasteiger partial charge in [0, 0.05) is 17.5 Å². The molecule has 6 heteroatoms. The molecular formula is C28H30N2O4. The molecule has 0 N–H and O–H groups in total. The first-order chi connectivity index (χ1) is 16.7. The van der Waals surface area contributed by atoms with Gasteiger partial charge >= 0.3 is 0 Å². The van der Waals surface area contributed by atoms with E-state index in [-0.39, 0.29) is 12.3 Å². The van der Waals surface area contributed by atoms with Crippen molar-refractivity contribution in [3.8, 4) is 23.0 Å². The molecule has 0 unspecified atom stereocenters. The standard InChI is InChI=1S/C28H30N2O4/c1-4-5-16-33-22-12-8-20(9-13-22)28-30-26(24-17-23(32-3)14-15-27(24)34-28)18-25(29-30)19-6-10-21(31-2)11-7-19/h6-15,17,26,28H,4-5,16,18H2,1-3H3/t26-,28-/m1/s1. The van der Waals surface area contributed by atoms with E-state index >= 15 is 0 Å². The lowest BCUT2D eigenvalue weighted by atomic mass is 9.95. The van der Waals surface area contributed by atoms with Gasteiger partial charge in [0.15, 0.2) is 0 Å². The first-order valence-corrected chi connectivity index (χ1v) is 11.8. The summed E-state index contributed by atoms with van der Waals surface area (Å²) in [5, 5.41) is 7.12. The van der Waals surface area contributed by atoms with Crippen molar-refractivity contribution in [2.45, 2.75) is 38.5 Å². The minimum atomic E-state index is -0.327. The molecule has 2 aliphatic heterocycles. The Morgan fingerprint density at radius 2 is 1.62 bits per heavy atom. The summed E-state index contributed by atoms with van der Waals surface area (Å²) in [6.07, 6.45) is 2.62. The fourth-order valence-electron chi connectivity index (χ4n) is 4.43. The fraction of sp³-hybridized carbons (Fsp3) is 0.321. The molecule has 2 aliphatic rings. The largest absolute Gasteiger partial charge is 0.497 e. The van der Waals surface area contributed by atoms with Crippen LogP contribution < -0.4 is 18.9 Å². The molecule has 3 aromatic rings. The number of rotatable bonds is 8. The molecule has 176 valence electrons. The van der Waals surface area contributed by atoms with E-state index in [1.54, 1.807) is 14.2 Å². The number of hydrogen-bond acceptors (Lipinski definition) is 6. The Labute approximate surface area is 200 Å². The zero-order valence-electron chi connectivity index (χ0n) is 19.9. The summed E-state index contributed by atoms with van der Waals surface area (Å²) in [6, 6.07) is 22.3. The van der Waals surface area contributed by atoms with Crippen molar-refractivity contribution >= 4 is 5.71 Å². The van der Waals surface area contributed by atoms with Crippen LogP contribution in [0.4, 0.5) is 0 Å². The van der Waals surface area contributed by atoms with E-state index in [2.05, 4.69) is 42.3 Å². The molecule has 34 heavy (non-hydrogen) atoms. The topological polar surface area (TPSA) is 52.5 Å². The molecule has 3 aromatic carbocycles. The maximum Gasteiger partial charge on any atom is 0.213 e. The third kappa shape index (κ3) is 4.28. The minimum Gasteiger partial charge on any atom is -0.497 e. The Bertz CT molecular complexity index is 1160. The van der Waals surface area contributed by atoms with Gasteiger partial charge in [-0.15, -0.1) is 0 Å². The molecule has 2 heterocycles. The highest BCUT2D eigenvalue weighted by molar-refractivity contribution is 6.02. The highest BCUT2D eigenvalue weighted by Crippen LogP contribution is 2.48. The number of methoxy groups -OCH3 is 2. The van der Waals surface area contributed by atoms with Crippen molar-refractivity contribution in [2.24, 2.45) is 5.10 Å². The average Bonchev–Trinajstić information content (AvgIpc) is 3.34. The summed E-state index contributed by atoms with van der Waals surface area (Å²) in [5.41, 5.74) is 4.23. The van der Waals surface area contributed by atoms with E-state index in [9.17, 15) is 0 Å². The van der Waals surface area contributed by atoms with Crippen molar-refractivity contribution in [3.63, 3.8) is 0 Å². The number of benzene rings is 3. The van der Waals surface area contributed by atoms with E-state index in [4.69, 9.17) is 24.0 Å². The van der Waals surface area contributed by atoms with Gasteiger partial charge in [0.1, 0.15) is 23.0 Å². The molecule has 0 fully saturated rings. The second kappa shape index (κ2) is 9.67. The molecule has 0 amide bonds. The third-order valence-corrected chi connectivity index (χ3v) is 6.35. The Morgan fingerprint density at radius 3 is 2.32 bits per heavy atom. The van der Waals surface area contributed by atoms with Crippen LogP contribution in [0.5, 0.6) is 23.0 Å². The second-order valence-corrected chi connectivity index (χ2v) is 8.52. The van der Waals surface area contributed by atoms with Crippen LogP contribution in [-0.4, -0.2) is 31.5 Å². The fourth-order valence-corrected chi connectivity index (χ4v) is 4.43. The molecule has 6 nitrogen and oxygen atoms in total. The summed E-state index contributed by atoms with van der Waals surface area (Å²) in [6.45, 7) is 2.89. The van der Waals surface area contributed by atoms with Crippen LogP contribution in [0.2, 0.25) is 0 Å². The number of hydrogen-bond donors (Lipinski definition) is 0. The van der Waals surface area contributed by atoms with Gasteiger partial charge in [-0.2, -0.15) is 5.10 Å². The Hall–Kier alpha value is -3.67. The van der Waals surface area contributed by atoms with Gasteiger partial charge in [-0.3, -0.25) is 0 Å². The normalized spacial score (nSPS) is 18.4. The lowest BCUT2D eigenvalue weighted by molar-refractivity contribution is -0.0191. The lowest BCUT2D eigenvalue weighted by Gasteiger charge is -2.38. The summed E-state index contributed by atoms with van der Waals surface area (Å²) in [5.74, 6) is 3.38. The molecule has 5 rings (SSSR count). The van der Waals surface area contributed by atoms with E-state index in [0.717, 1.165) is 71.3 Å². The van der Waals surface area contributed by atoms with Crippen LogP contribution in [0.1, 0.15) is 55.1 Å². The summed E-state index contributed by atoms with van der Waals surface area (Å²) in [7, 11) is 3.36. The molecule has 0 saturated heterocycles. The van der Waals surface area contributed by atoms with Gasteiger partial charge < -0.3 is 18.9 Å². The van der Waals surface area contributed by atoms with Gasteiger partial charge in [-0.05, 0) is 78.7 Å². The van der Waals surface area contributed by atoms with E-state index < -0.39 is 0 Å². The predicted molar refractivity (Wildman–Crippen MR) is 132 cm³/mol. The van der Waals surface area contributed by atoms with Gasteiger partial charge in [0.05, 0.1) is 32.6 Å². The van der Waals surface area contributed by atoms with Gasteiger partial charge in [-0.1, -0.05) is 13.3 Å². The Kier molecular flexibility index (Phi) is 6.30. The van der Waals surface area contributed by atoms with E-state index in [1.807, 2.05) is 36.4 Å². The first-order valence-electron chi connectivity index (χ1n) is 11.8. The second-order valence-electron chi connectivity index (χ2n) is 8.52. The molecular weight excluding hydrogens is 428 g/mol. The predicted octanol–water partition coefficient (Wildman–Crippen LogP) is 6.13. The summed E-state index contributed by atoms with van der Waals surface area (Å²) < 4.78 is 23.1. The zero-order valence-corrected chi connectivity index (χ0v) is 19.9. The molecule has 0 radical (unpaired) electrons. The van der Waals surface area contributed by atoms with E-state index in [0.29, 0.717) is 0 Å².